The Kier molecular flexibility index (Phi) is 5.09. The third kappa shape index (κ3) is 2.81. The fourth-order valence-electron chi connectivity index (χ4n) is 2.50. The molecule has 0 unspecified atom stereocenters. The Morgan fingerprint density at radius 3 is 2.06 bits per heavy atom. The van der Waals surface area contributed by atoms with Crippen LogP contribution in [0, 0.1) is 13.8 Å². The minimum Gasteiger partial charge on any atom is -0.370 e. The number of aryl methyl sites for hydroxylation is 2. The van der Waals surface area contributed by atoms with Crippen molar-refractivity contribution in [3.8, 4) is 0 Å². The van der Waals surface area contributed by atoms with Crippen molar-refractivity contribution in [1.82, 2.24) is 0 Å². The summed E-state index contributed by atoms with van der Waals surface area (Å²) in [5.74, 6) is 0.187. The van der Waals surface area contributed by atoms with Crippen LogP contribution in [0.1, 0.15) is 43.4 Å². The number of rotatable bonds is 6. The van der Waals surface area contributed by atoms with Gasteiger partial charge in [0.05, 0.1) is 0 Å². The van der Waals surface area contributed by atoms with Crippen molar-refractivity contribution >= 4 is 5.78 Å². The Morgan fingerprint density at radius 2 is 1.67 bits per heavy atom. The lowest BCUT2D eigenvalue weighted by Gasteiger charge is -2.29. The molecule has 0 aliphatic carbocycles. The van der Waals surface area contributed by atoms with Gasteiger partial charge in [-0.1, -0.05) is 32.0 Å². The summed E-state index contributed by atoms with van der Waals surface area (Å²) in [6.07, 6.45) is 1.92. The van der Waals surface area contributed by atoms with Gasteiger partial charge >= 0.3 is 0 Å². The van der Waals surface area contributed by atoms with Crippen LogP contribution in [-0.4, -0.2) is 18.5 Å². The molecule has 0 atom stereocenters. The SMILES string of the molecule is CCC(CC)(OC)C(=O)Cc1c(C)cccc1C. The highest BCUT2D eigenvalue weighted by Gasteiger charge is 2.34. The van der Waals surface area contributed by atoms with Crippen molar-refractivity contribution in [3.63, 3.8) is 0 Å². The second kappa shape index (κ2) is 6.14. The topological polar surface area (TPSA) is 26.3 Å². The quantitative estimate of drug-likeness (QED) is 0.768. The summed E-state index contributed by atoms with van der Waals surface area (Å²) in [5, 5.41) is 0. The van der Waals surface area contributed by atoms with E-state index in [4.69, 9.17) is 4.74 Å². The van der Waals surface area contributed by atoms with Gasteiger partial charge in [-0.25, -0.2) is 0 Å². The zero-order valence-corrected chi connectivity index (χ0v) is 12.2. The minimum absolute atomic E-state index is 0.187. The molecule has 0 amide bonds. The number of carbonyl (C=O) groups is 1. The van der Waals surface area contributed by atoms with E-state index in [-0.39, 0.29) is 5.78 Å². The van der Waals surface area contributed by atoms with Crippen molar-refractivity contribution in [2.75, 3.05) is 7.11 Å². The van der Waals surface area contributed by atoms with E-state index in [1.165, 1.54) is 11.1 Å². The Morgan fingerprint density at radius 1 is 1.17 bits per heavy atom. The van der Waals surface area contributed by atoms with E-state index in [0.717, 1.165) is 18.4 Å². The largest absolute Gasteiger partial charge is 0.370 e. The number of carbonyl (C=O) groups excluding carboxylic acids is 1. The van der Waals surface area contributed by atoms with Crippen molar-refractivity contribution in [3.05, 3.63) is 34.9 Å². The van der Waals surface area contributed by atoms with Crippen LogP contribution in [-0.2, 0) is 16.0 Å². The molecular weight excluding hydrogens is 224 g/mol. The number of methoxy groups -OCH3 is 1. The van der Waals surface area contributed by atoms with Crippen molar-refractivity contribution in [2.24, 2.45) is 0 Å². The zero-order chi connectivity index (χ0) is 13.8. The van der Waals surface area contributed by atoms with Crippen LogP contribution < -0.4 is 0 Å². The zero-order valence-electron chi connectivity index (χ0n) is 12.2. The lowest BCUT2D eigenvalue weighted by molar-refractivity contribution is -0.141. The third-order valence-electron chi connectivity index (χ3n) is 4.02. The van der Waals surface area contributed by atoms with Crippen molar-refractivity contribution in [1.29, 1.82) is 0 Å². The number of ether oxygens (including phenoxy) is 1. The first-order valence-corrected chi connectivity index (χ1v) is 6.64. The molecule has 0 heterocycles. The van der Waals surface area contributed by atoms with E-state index < -0.39 is 5.60 Å². The van der Waals surface area contributed by atoms with Gasteiger partial charge in [-0.2, -0.15) is 0 Å². The molecule has 2 heteroatoms. The lowest BCUT2D eigenvalue weighted by Crippen LogP contribution is -2.40. The fraction of sp³-hybridized carbons (Fsp3) is 0.562. The maximum Gasteiger partial charge on any atom is 0.168 e. The molecule has 0 fully saturated rings. The Hall–Kier alpha value is -1.15. The Labute approximate surface area is 110 Å². The number of Topliss-reactive ketones (excluding diaryl/α,β-unsaturated/α-hetero) is 1. The van der Waals surface area contributed by atoms with E-state index in [2.05, 4.69) is 26.0 Å². The predicted molar refractivity (Wildman–Crippen MR) is 74.9 cm³/mol. The average Bonchev–Trinajstić information content (AvgIpc) is 2.37. The lowest BCUT2D eigenvalue weighted by atomic mass is 9.86. The summed E-state index contributed by atoms with van der Waals surface area (Å²) in [7, 11) is 1.63. The molecule has 0 N–H and O–H groups in total. The highest BCUT2D eigenvalue weighted by Crippen LogP contribution is 2.24. The molecule has 0 radical (unpaired) electrons. The molecule has 0 aliphatic heterocycles. The van der Waals surface area contributed by atoms with Crippen LogP contribution in [0.15, 0.2) is 18.2 Å². The fourth-order valence-corrected chi connectivity index (χ4v) is 2.50. The summed E-state index contributed by atoms with van der Waals surface area (Å²) in [4.78, 5) is 12.5. The summed E-state index contributed by atoms with van der Waals surface area (Å²) in [6, 6.07) is 6.14. The van der Waals surface area contributed by atoms with Crippen molar-refractivity contribution < 1.29 is 9.53 Å². The van der Waals surface area contributed by atoms with E-state index in [1.807, 2.05) is 19.9 Å². The van der Waals surface area contributed by atoms with Crippen LogP contribution in [0.4, 0.5) is 0 Å². The van der Waals surface area contributed by atoms with Crippen LogP contribution in [0.2, 0.25) is 0 Å². The van der Waals surface area contributed by atoms with Gasteiger partial charge in [-0.05, 0) is 43.4 Å². The molecule has 2 nitrogen and oxygen atoms in total. The summed E-state index contributed by atoms with van der Waals surface area (Å²) >= 11 is 0. The molecule has 0 bridgehead atoms. The molecule has 0 aliphatic rings. The summed E-state index contributed by atoms with van der Waals surface area (Å²) in [5.41, 5.74) is 2.89. The molecule has 0 spiro atoms. The Bertz CT molecular complexity index is 389. The van der Waals surface area contributed by atoms with Gasteiger partial charge in [0.2, 0.25) is 0 Å². The highest BCUT2D eigenvalue weighted by atomic mass is 16.5. The van der Waals surface area contributed by atoms with Crippen LogP contribution in [0.3, 0.4) is 0 Å². The molecule has 0 aromatic heterocycles. The van der Waals surface area contributed by atoms with Gasteiger partial charge in [0.1, 0.15) is 5.60 Å². The number of benzene rings is 1. The second-order valence-electron chi connectivity index (χ2n) is 4.88. The van der Waals surface area contributed by atoms with Gasteiger partial charge in [0.25, 0.3) is 0 Å². The van der Waals surface area contributed by atoms with Gasteiger partial charge < -0.3 is 4.74 Å². The maximum atomic E-state index is 12.5. The predicted octanol–water partition coefficient (Wildman–Crippen LogP) is 3.62. The molecule has 1 rings (SSSR count). The summed E-state index contributed by atoms with van der Waals surface area (Å²) < 4.78 is 5.50. The van der Waals surface area contributed by atoms with E-state index >= 15 is 0 Å². The second-order valence-corrected chi connectivity index (χ2v) is 4.88. The minimum atomic E-state index is -0.616. The molecular formula is C16H24O2. The van der Waals surface area contributed by atoms with Crippen molar-refractivity contribution in [2.45, 2.75) is 52.6 Å². The molecule has 0 saturated carbocycles. The molecule has 18 heavy (non-hydrogen) atoms. The first-order valence-electron chi connectivity index (χ1n) is 6.64. The van der Waals surface area contributed by atoms with Crippen LogP contribution in [0.5, 0.6) is 0 Å². The standard InChI is InChI=1S/C16H24O2/c1-6-16(7-2,18-5)15(17)11-14-12(3)9-8-10-13(14)4/h8-10H,6-7,11H2,1-5H3. The Balaban J connectivity index is 3.00. The van der Waals surface area contributed by atoms with Crippen LogP contribution in [0.25, 0.3) is 0 Å². The van der Waals surface area contributed by atoms with Gasteiger partial charge in [-0.3, -0.25) is 4.79 Å². The van der Waals surface area contributed by atoms with Gasteiger partial charge in [-0.15, -0.1) is 0 Å². The summed E-state index contributed by atoms with van der Waals surface area (Å²) in [6.45, 7) is 8.13. The van der Waals surface area contributed by atoms with Gasteiger partial charge in [0.15, 0.2) is 5.78 Å². The van der Waals surface area contributed by atoms with Gasteiger partial charge in [0, 0.05) is 13.5 Å². The average molecular weight is 248 g/mol. The van der Waals surface area contributed by atoms with E-state index in [0.29, 0.717) is 6.42 Å². The van der Waals surface area contributed by atoms with E-state index in [1.54, 1.807) is 7.11 Å². The normalized spacial score (nSPS) is 11.6. The first-order chi connectivity index (χ1) is 8.50. The number of hydrogen-bond donors (Lipinski definition) is 0. The van der Waals surface area contributed by atoms with Crippen LogP contribution >= 0.6 is 0 Å². The number of ketones is 1. The monoisotopic (exact) mass is 248 g/mol. The number of hydrogen-bond acceptors (Lipinski definition) is 2. The highest BCUT2D eigenvalue weighted by molar-refractivity contribution is 5.89. The third-order valence-corrected chi connectivity index (χ3v) is 4.02. The molecule has 0 saturated heterocycles. The first kappa shape index (κ1) is 14.9. The smallest absolute Gasteiger partial charge is 0.168 e. The maximum absolute atomic E-state index is 12.5. The molecule has 1 aromatic rings. The molecule has 100 valence electrons. The van der Waals surface area contributed by atoms with E-state index in [9.17, 15) is 4.79 Å². The molecule has 1 aromatic carbocycles.